The first kappa shape index (κ1) is 10.8. The fourth-order valence-electron chi connectivity index (χ4n) is 1.25. The number of rotatable bonds is 2. The quantitative estimate of drug-likeness (QED) is 0.813. The van der Waals surface area contributed by atoms with Crippen LogP contribution in [0, 0.1) is 0 Å². The molecule has 0 fully saturated rings. The zero-order valence-corrected chi connectivity index (χ0v) is 9.03. The molecule has 5 nitrogen and oxygen atoms in total. The fraction of sp³-hybridized carbons (Fsp3) is 0.100. The summed E-state index contributed by atoms with van der Waals surface area (Å²) in [4.78, 5) is 22.1. The number of aromatic nitrogens is 3. The first-order valence-corrected chi connectivity index (χ1v) is 4.99. The van der Waals surface area contributed by atoms with Crippen LogP contribution in [0.15, 0.2) is 29.2 Å². The van der Waals surface area contributed by atoms with Gasteiger partial charge in [-0.3, -0.25) is 9.78 Å². The van der Waals surface area contributed by atoms with Gasteiger partial charge in [-0.15, -0.1) is 0 Å². The molecule has 16 heavy (non-hydrogen) atoms. The lowest BCUT2D eigenvalue weighted by atomic mass is 10.3. The number of aromatic amines is 1. The number of nitrogens with one attached hydrogen (secondary N) is 1. The normalized spacial score (nSPS) is 10.4. The highest BCUT2D eigenvalue weighted by atomic mass is 35.5. The van der Waals surface area contributed by atoms with Crippen LogP contribution in [-0.4, -0.2) is 15.0 Å². The minimum atomic E-state index is -0.248. The first-order valence-electron chi connectivity index (χ1n) is 4.61. The van der Waals surface area contributed by atoms with E-state index in [1.165, 1.54) is 12.3 Å². The minimum absolute atomic E-state index is 0.213. The molecule has 0 amide bonds. The molecule has 0 bridgehead atoms. The lowest BCUT2D eigenvalue weighted by molar-refractivity contribution is 0.951. The summed E-state index contributed by atoms with van der Waals surface area (Å²) in [6.07, 6.45) is 1.49. The Balaban J connectivity index is 2.51. The van der Waals surface area contributed by atoms with Gasteiger partial charge in [0, 0.05) is 18.8 Å². The molecule has 0 saturated carbocycles. The largest absolute Gasteiger partial charge is 0.325 e. The van der Waals surface area contributed by atoms with E-state index in [-0.39, 0.29) is 12.1 Å². The number of nitrogens with zero attached hydrogens (tertiary/aromatic N) is 2. The molecule has 0 radical (unpaired) electrons. The molecule has 0 aromatic carbocycles. The molecule has 0 atom stereocenters. The van der Waals surface area contributed by atoms with Gasteiger partial charge in [-0.05, 0) is 12.1 Å². The van der Waals surface area contributed by atoms with Gasteiger partial charge in [-0.2, -0.15) is 0 Å². The van der Waals surface area contributed by atoms with Crippen molar-refractivity contribution >= 4 is 11.6 Å². The lowest BCUT2D eigenvalue weighted by Crippen LogP contribution is -2.13. The zero-order valence-electron chi connectivity index (χ0n) is 8.27. The van der Waals surface area contributed by atoms with E-state index in [0.29, 0.717) is 22.2 Å². The molecule has 82 valence electrons. The Morgan fingerprint density at radius 3 is 2.88 bits per heavy atom. The van der Waals surface area contributed by atoms with Gasteiger partial charge < -0.3 is 10.7 Å². The van der Waals surface area contributed by atoms with Crippen LogP contribution in [-0.2, 0) is 6.54 Å². The Hall–Kier alpha value is -1.72. The molecule has 0 saturated heterocycles. The average molecular weight is 237 g/mol. The topological polar surface area (TPSA) is 84.7 Å². The van der Waals surface area contributed by atoms with Crippen LogP contribution in [0.4, 0.5) is 0 Å². The predicted molar refractivity (Wildman–Crippen MR) is 61.0 cm³/mol. The van der Waals surface area contributed by atoms with E-state index in [1.807, 2.05) is 0 Å². The van der Waals surface area contributed by atoms with Gasteiger partial charge in [0.15, 0.2) is 5.82 Å². The Morgan fingerprint density at radius 2 is 2.25 bits per heavy atom. The minimum Gasteiger partial charge on any atom is -0.325 e. The summed E-state index contributed by atoms with van der Waals surface area (Å²) in [7, 11) is 0. The standard InChI is InChI=1S/C10H9ClN4O/c11-6-1-2-8(13-5-6)10-14-7(4-12)3-9(16)15-10/h1-3,5H,4,12H2,(H,14,15,16). The van der Waals surface area contributed by atoms with Gasteiger partial charge in [-0.1, -0.05) is 11.6 Å². The van der Waals surface area contributed by atoms with Crippen molar-refractivity contribution in [3.8, 4) is 11.5 Å². The summed E-state index contributed by atoms with van der Waals surface area (Å²) >= 11 is 5.71. The SMILES string of the molecule is NCc1cc(=O)[nH]c(-c2ccc(Cl)cn2)n1. The summed E-state index contributed by atoms with van der Waals surface area (Å²) in [6.45, 7) is 0.213. The molecule has 2 aromatic heterocycles. The van der Waals surface area contributed by atoms with Crippen LogP contribution < -0.4 is 11.3 Å². The first-order chi connectivity index (χ1) is 7.69. The highest BCUT2D eigenvalue weighted by molar-refractivity contribution is 6.30. The summed E-state index contributed by atoms with van der Waals surface area (Å²) in [5.74, 6) is 0.393. The number of H-pyrrole nitrogens is 1. The summed E-state index contributed by atoms with van der Waals surface area (Å²) in [5.41, 5.74) is 6.26. The maximum atomic E-state index is 11.3. The molecule has 2 aromatic rings. The monoisotopic (exact) mass is 236 g/mol. The predicted octanol–water partition coefficient (Wildman–Crippen LogP) is 0.944. The molecular weight excluding hydrogens is 228 g/mol. The third-order valence-electron chi connectivity index (χ3n) is 1.97. The van der Waals surface area contributed by atoms with Crippen molar-refractivity contribution in [1.29, 1.82) is 0 Å². The van der Waals surface area contributed by atoms with E-state index in [9.17, 15) is 4.79 Å². The molecule has 3 N–H and O–H groups in total. The van der Waals surface area contributed by atoms with Gasteiger partial charge in [0.1, 0.15) is 5.69 Å². The fourth-order valence-corrected chi connectivity index (χ4v) is 1.36. The Labute approximate surface area is 96.3 Å². The second-order valence-electron chi connectivity index (χ2n) is 3.15. The van der Waals surface area contributed by atoms with Gasteiger partial charge in [0.2, 0.25) is 0 Å². The van der Waals surface area contributed by atoms with E-state index in [0.717, 1.165) is 0 Å². The molecule has 0 aliphatic carbocycles. The van der Waals surface area contributed by atoms with E-state index in [2.05, 4.69) is 15.0 Å². The highest BCUT2D eigenvalue weighted by Crippen LogP contribution is 2.13. The van der Waals surface area contributed by atoms with Crippen molar-refractivity contribution in [2.24, 2.45) is 5.73 Å². The van der Waals surface area contributed by atoms with Crippen LogP contribution >= 0.6 is 11.6 Å². The molecule has 2 heterocycles. The Morgan fingerprint density at radius 1 is 1.44 bits per heavy atom. The van der Waals surface area contributed by atoms with Gasteiger partial charge in [-0.25, -0.2) is 4.98 Å². The van der Waals surface area contributed by atoms with Crippen molar-refractivity contribution in [1.82, 2.24) is 15.0 Å². The summed E-state index contributed by atoms with van der Waals surface area (Å²) in [6, 6.07) is 4.72. The van der Waals surface area contributed by atoms with Crippen molar-refractivity contribution in [2.45, 2.75) is 6.54 Å². The van der Waals surface area contributed by atoms with Crippen molar-refractivity contribution in [2.75, 3.05) is 0 Å². The van der Waals surface area contributed by atoms with Crippen molar-refractivity contribution in [3.05, 3.63) is 45.5 Å². The number of nitrogens with two attached hydrogens (primary N) is 1. The Bertz CT molecular complexity index is 549. The van der Waals surface area contributed by atoms with Crippen LogP contribution in [0.5, 0.6) is 0 Å². The molecule has 2 rings (SSSR count). The highest BCUT2D eigenvalue weighted by Gasteiger charge is 2.04. The van der Waals surface area contributed by atoms with Crippen molar-refractivity contribution < 1.29 is 0 Å². The molecule has 0 unspecified atom stereocenters. The summed E-state index contributed by atoms with van der Waals surface area (Å²) in [5, 5.41) is 0.529. The number of halogens is 1. The van der Waals surface area contributed by atoms with E-state index >= 15 is 0 Å². The van der Waals surface area contributed by atoms with Crippen LogP contribution in [0.2, 0.25) is 5.02 Å². The third kappa shape index (κ3) is 2.26. The van der Waals surface area contributed by atoms with Crippen LogP contribution in [0.1, 0.15) is 5.69 Å². The van der Waals surface area contributed by atoms with E-state index < -0.39 is 0 Å². The average Bonchev–Trinajstić information content (AvgIpc) is 2.29. The van der Waals surface area contributed by atoms with Crippen LogP contribution in [0.3, 0.4) is 0 Å². The summed E-state index contributed by atoms with van der Waals surface area (Å²) < 4.78 is 0. The maximum absolute atomic E-state index is 11.3. The van der Waals surface area contributed by atoms with Crippen molar-refractivity contribution in [3.63, 3.8) is 0 Å². The smallest absolute Gasteiger partial charge is 0.251 e. The molecule has 6 heteroatoms. The van der Waals surface area contributed by atoms with Crippen LogP contribution in [0.25, 0.3) is 11.5 Å². The second kappa shape index (κ2) is 4.42. The molecular formula is C10H9ClN4O. The van der Waals surface area contributed by atoms with E-state index in [4.69, 9.17) is 17.3 Å². The lowest BCUT2D eigenvalue weighted by Gasteiger charge is -2.01. The van der Waals surface area contributed by atoms with Gasteiger partial charge in [0.05, 0.1) is 10.7 Å². The van der Waals surface area contributed by atoms with Gasteiger partial charge in [0.25, 0.3) is 5.56 Å². The molecule has 0 aliphatic rings. The van der Waals surface area contributed by atoms with E-state index in [1.54, 1.807) is 12.1 Å². The number of pyridine rings is 1. The number of hydrogen-bond donors (Lipinski definition) is 2. The molecule has 0 aliphatic heterocycles. The number of hydrogen-bond acceptors (Lipinski definition) is 4. The second-order valence-corrected chi connectivity index (χ2v) is 3.59. The zero-order chi connectivity index (χ0) is 11.5. The maximum Gasteiger partial charge on any atom is 0.251 e. The Kier molecular flexibility index (Phi) is 2.98. The third-order valence-corrected chi connectivity index (χ3v) is 2.20. The molecule has 0 spiro atoms. The van der Waals surface area contributed by atoms with Gasteiger partial charge >= 0.3 is 0 Å².